The Balaban J connectivity index is 1.72. The number of alkyl halides is 5. The van der Waals surface area contributed by atoms with Crippen LogP contribution in [0.5, 0.6) is 5.75 Å². The second-order valence-electron chi connectivity index (χ2n) is 8.58. The topological polar surface area (TPSA) is 76.3 Å². The second kappa shape index (κ2) is 10.5. The number of carbonyl (C=O) groups excluding carboxylic acids is 1. The van der Waals surface area contributed by atoms with Crippen LogP contribution < -0.4 is 10.1 Å². The Morgan fingerprint density at radius 3 is 2.54 bits per heavy atom. The molecule has 0 radical (unpaired) electrons. The van der Waals surface area contributed by atoms with E-state index < -0.39 is 31.4 Å². The first-order valence-corrected chi connectivity index (χ1v) is 11.7. The van der Waals surface area contributed by atoms with Gasteiger partial charge in [0.25, 0.3) is 6.43 Å². The lowest BCUT2D eigenvalue weighted by atomic mass is 9.92. The molecular formula is C25H21ClF5N3O3. The molecule has 1 aliphatic carbocycles. The van der Waals surface area contributed by atoms with Crippen LogP contribution in [0.15, 0.2) is 36.4 Å². The number of nitriles is 1. The number of nitrogens with zero attached hydrogens (tertiary/aromatic N) is 2. The third-order valence-corrected chi connectivity index (χ3v) is 6.44. The van der Waals surface area contributed by atoms with E-state index in [0.717, 1.165) is 19.3 Å². The van der Waals surface area contributed by atoms with Crippen molar-refractivity contribution in [1.29, 1.82) is 5.26 Å². The molecule has 1 N–H and O–H groups in total. The van der Waals surface area contributed by atoms with Crippen LogP contribution in [0, 0.1) is 11.3 Å². The largest absolute Gasteiger partial charge is 0.488 e. The van der Waals surface area contributed by atoms with Gasteiger partial charge < -0.3 is 14.0 Å². The van der Waals surface area contributed by atoms with E-state index in [-0.39, 0.29) is 22.5 Å². The molecule has 2 aromatic carbocycles. The van der Waals surface area contributed by atoms with Crippen molar-refractivity contribution in [1.82, 2.24) is 4.57 Å². The van der Waals surface area contributed by atoms with E-state index in [2.05, 4.69) is 16.1 Å². The number of carbonyl (C=O) groups is 1. The molecule has 37 heavy (non-hydrogen) atoms. The maximum absolute atomic E-state index is 12.7. The van der Waals surface area contributed by atoms with Crippen molar-refractivity contribution in [2.45, 2.75) is 50.9 Å². The van der Waals surface area contributed by atoms with Gasteiger partial charge in [-0.25, -0.2) is 13.6 Å². The highest BCUT2D eigenvalue weighted by Gasteiger charge is 2.39. The summed E-state index contributed by atoms with van der Waals surface area (Å²) in [5, 5.41) is 12.8. The number of anilines is 1. The molecular weight excluding hydrogens is 521 g/mol. The highest BCUT2D eigenvalue weighted by atomic mass is 35.5. The van der Waals surface area contributed by atoms with E-state index in [1.165, 1.54) is 18.2 Å². The van der Waals surface area contributed by atoms with Crippen LogP contribution in [-0.2, 0) is 4.74 Å². The zero-order valence-electron chi connectivity index (χ0n) is 19.4. The van der Waals surface area contributed by atoms with Gasteiger partial charge in [-0.15, -0.1) is 0 Å². The molecule has 1 aromatic heterocycles. The van der Waals surface area contributed by atoms with E-state index in [0.29, 0.717) is 34.6 Å². The van der Waals surface area contributed by atoms with Crippen molar-refractivity contribution >= 4 is 34.3 Å². The zero-order chi connectivity index (χ0) is 26.9. The van der Waals surface area contributed by atoms with E-state index in [9.17, 15) is 32.0 Å². The molecule has 196 valence electrons. The fourth-order valence-electron chi connectivity index (χ4n) is 4.09. The van der Waals surface area contributed by atoms with Gasteiger partial charge in [0, 0.05) is 23.1 Å². The first kappa shape index (κ1) is 26.5. The summed E-state index contributed by atoms with van der Waals surface area (Å²) in [7, 11) is 0. The van der Waals surface area contributed by atoms with Gasteiger partial charge in [0.2, 0.25) is 0 Å². The molecule has 6 nitrogen and oxygen atoms in total. The SMILES string of the molecule is CC(OC(=O)Nc1ccc(-c2c(C#N)c3ccc(OCC(F)F)cc3n2C2CCC2)cc1Cl)C(F)(F)F. The Bertz CT molecular complexity index is 1360. The van der Waals surface area contributed by atoms with Crippen LogP contribution in [0.25, 0.3) is 22.2 Å². The number of ether oxygens (including phenoxy) is 2. The number of hydrogen-bond donors (Lipinski definition) is 1. The molecule has 0 aliphatic heterocycles. The maximum Gasteiger partial charge on any atom is 0.425 e. The summed E-state index contributed by atoms with van der Waals surface area (Å²) >= 11 is 6.34. The molecule has 1 heterocycles. The summed E-state index contributed by atoms with van der Waals surface area (Å²) < 4.78 is 74.8. The summed E-state index contributed by atoms with van der Waals surface area (Å²) in [6.07, 6.45) is -8.30. The molecule has 1 unspecified atom stereocenters. The zero-order valence-corrected chi connectivity index (χ0v) is 20.2. The van der Waals surface area contributed by atoms with Gasteiger partial charge in [0.05, 0.1) is 27.5 Å². The number of benzene rings is 2. The van der Waals surface area contributed by atoms with Crippen LogP contribution >= 0.6 is 11.6 Å². The van der Waals surface area contributed by atoms with Crippen molar-refractivity contribution in [2.24, 2.45) is 0 Å². The summed E-state index contributed by atoms with van der Waals surface area (Å²) in [6.45, 7) is -0.0568. The van der Waals surface area contributed by atoms with Gasteiger partial charge >= 0.3 is 12.3 Å². The number of nitrogens with one attached hydrogen (secondary N) is 1. The maximum atomic E-state index is 12.7. The smallest absolute Gasteiger partial charge is 0.425 e. The fourth-order valence-corrected chi connectivity index (χ4v) is 4.32. The second-order valence-corrected chi connectivity index (χ2v) is 8.99. The molecule has 0 bridgehead atoms. The predicted molar refractivity (Wildman–Crippen MR) is 127 cm³/mol. The normalized spacial score (nSPS) is 14.8. The van der Waals surface area contributed by atoms with E-state index >= 15 is 0 Å². The van der Waals surface area contributed by atoms with Crippen molar-refractivity contribution in [3.8, 4) is 23.1 Å². The Morgan fingerprint density at radius 1 is 1.24 bits per heavy atom. The molecule has 3 aromatic rings. The lowest BCUT2D eigenvalue weighted by molar-refractivity contribution is -0.196. The molecule has 4 rings (SSSR count). The molecule has 12 heteroatoms. The van der Waals surface area contributed by atoms with E-state index in [1.54, 1.807) is 18.2 Å². The van der Waals surface area contributed by atoms with Gasteiger partial charge in [-0.2, -0.15) is 18.4 Å². The fraction of sp³-hybridized carbons (Fsp3) is 0.360. The Morgan fingerprint density at radius 2 is 1.97 bits per heavy atom. The van der Waals surface area contributed by atoms with Gasteiger partial charge in [-0.3, -0.25) is 5.32 Å². The van der Waals surface area contributed by atoms with Gasteiger partial charge in [-0.05, 0) is 50.5 Å². The van der Waals surface area contributed by atoms with Crippen molar-refractivity contribution in [3.05, 3.63) is 47.0 Å². The highest BCUT2D eigenvalue weighted by molar-refractivity contribution is 6.34. The van der Waals surface area contributed by atoms with Crippen LogP contribution in [0.3, 0.4) is 0 Å². The lowest BCUT2D eigenvalue weighted by Crippen LogP contribution is -2.32. The van der Waals surface area contributed by atoms with Crippen LogP contribution in [0.1, 0.15) is 37.8 Å². The van der Waals surface area contributed by atoms with Crippen molar-refractivity contribution in [3.63, 3.8) is 0 Å². The summed E-state index contributed by atoms with van der Waals surface area (Å²) in [6, 6.07) is 11.5. The monoisotopic (exact) mass is 541 g/mol. The standard InChI is InChI=1S/C25H21ClF5N3O3/c1-13(25(29,30)31)37-24(35)33-20-8-5-14(9-19(20)26)23-18(11-32)17-7-6-16(36-12-22(27)28)10-21(17)34(23)15-3-2-4-15/h5-10,13,15,22H,2-4,12H2,1H3,(H,33,35). The average molecular weight is 542 g/mol. The first-order valence-electron chi connectivity index (χ1n) is 11.3. The Hall–Kier alpha value is -3.52. The molecule has 1 fully saturated rings. The van der Waals surface area contributed by atoms with E-state index in [4.69, 9.17) is 16.3 Å². The summed E-state index contributed by atoms with van der Waals surface area (Å²) in [4.78, 5) is 11.9. The molecule has 1 saturated carbocycles. The summed E-state index contributed by atoms with van der Waals surface area (Å²) in [5.74, 6) is 0.242. The van der Waals surface area contributed by atoms with Crippen molar-refractivity contribution < 1.29 is 36.2 Å². The third-order valence-electron chi connectivity index (χ3n) is 6.13. The van der Waals surface area contributed by atoms with Gasteiger partial charge in [-0.1, -0.05) is 17.7 Å². The van der Waals surface area contributed by atoms with Gasteiger partial charge in [0.15, 0.2) is 6.10 Å². The first-order chi connectivity index (χ1) is 17.5. The predicted octanol–water partition coefficient (Wildman–Crippen LogP) is 7.70. The Labute approximate surface area is 213 Å². The Kier molecular flexibility index (Phi) is 7.50. The number of halogens is 6. The number of hydrogen-bond acceptors (Lipinski definition) is 4. The quantitative estimate of drug-likeness (QED) is 0.311. The summed E-state index contributed by atoms with van der Waals surface area (Å²) in [5.41, 5.74) is 2.10. The van der Waals surface area contributed by atoms with Gasteiger partial charge in [0.1, 0.15) is 18.4 Å². The molecule has 0 spiro atoms. The molecule has 1 atom stereocenters. The average Bonchev–Trinajstić information content (AvgIpc) is 3.10. The number of amides is 1. The lowest BCUT2D eigenvalue weighted by Gasteiger charge is -2.30. The van der Waals surface area contributed by atoms with Crippen molar-refractivity contribution in [2.75, 3.05) is 11.9 Å². The number of aromatic nitrogens is 1. The van der Waals surface area contributed by atoms with Crippen LogP contribution in [-0.4, -0.2) is 36.0 Å². The molecule has 1 amide bonds. The van der Waals surface area contributed by atoms with Crippen LogP contribution in [0.2, 0.25) is 5.02 Å². The minimum atomic E-state index is -4.71. The highest BCUT2D eigenvalue weighted by Crippen LogP contribution is 2.44. The minimum absolute atomic E-state index is 0.0179. The minimum Gasteiger partial charge on any atom is -0.488 e. The van der Waals surface area contributed by atoms with Crippen LogP contribution in [0.4, 0.5) is 32.4 Å². The van der Waals surface area contributed by atoms with E-state index in [1.807, 2.05) is 4.57 Å². The number of fused-ring (bicyclic) bond motifs is 1. The number of rotatable bonds is 7. The molecule has 1 aliphatic rings. The third kappa shape index (κ3) is 5.59. The molecule has 0 saturated heterocycles.